The lowest BCUT2D eigenvalue weighted by Gasteiger charge is -2.27. The average molecular weight is 360 g/mol. The summed E-state index contributed by atoms with van der Waals surface area (Å²) in [6, 6.07) is 19.5. The average Bonchev–Trinajstić information content (AvgIpc) is 3.04. The first-order valence-corrected chi connectivity index (χ1v) is 8.87. The van der Waals surface area contributed by atoms with Crippen LogP contribution in [-0.2, 0) is 0 Å². The highest BCUT2D eigenvalue weighted by molar-refractivity contribution is 6.05. The molecule has 1 N–H and O–H groups in total. The third-order valence-electron chi connectivity index (χ3n) is 4.60. The normalized spacial score (nSPS) is 17.3. The Kier molecular flexibility index (Phi) is 4.50. The molecule has 1 atom stereocenters. The highest BCUT2D eigenvalue weighted by Gasteiger charge is 2.26. The van der Waals surface area contributed by atoms with E-state index in [1.54, 1.807) is 13.0 Å². The maximum Gasteiger partial charge on any atom is 0.274 e. The molecule has 27 heavy (non-hydrogen) atoms. The molecule has 0 radical (unpaired) electrons. The first-order chi connectivity index (χ1) is 13.1. The Morgan fingerprint density at radius 2 is 1.81 bits per heavy atom. The fourth-order valence-corrected chi connectivity index (χ4v) is 3.28. The Bertz CT molecular complexity index is 1010. The van der Waals surface area contributed by atoms with E-state index in [4.69, 9.17) is 9.15 Å². The molecule has 5 heteroatoms. The Balaban J connectivity index is 1.63. The van der Waals surface area contributed by atoms with Crippen molar-refractivity contribution in [3.05, 3.63) is 88.9 Å². The molecule has 0 bridgehead atoms. The highest BCUT2D eigenvalue weighted by atomic mass is 16.5. The minimum atomic E-state index is -0.280. The lowest BCUT2D eigenvalue weighted by molar-refractivity contribution is 0.0952. The van der Waals surface area contributed by atoms with Crippen LogP contribution in [0.25, 0.3) is 0 Å². The van der Waals surface area contributed by atoms with Crippen molar-refractivity contribution >= 4 is 11.6 Å². The molecule has 4 rings (SSSR count). The molecule has 0 spiro atoms. The lowest BCUT2D eigenvalue weighted by Crippen LogP contribution is -2.25. The number of fused-ring (bicyclic) bond motifs is 1. The zero-order chi connectivity index (χ0) is 18.8. The van der Waals surface area contributed by atoms with Gasteiger partial charge in [-0.25, -0.2) is 5.43 Å². The number of nitrogens with zero attached hydrogens (tertiary/aromatic N) is 1. The van der Waals surface area contributed by atoms with Crippen LogP contribution in [0.3, 0.4) is 0 Å². The number of hydrazone groups is 1. The molecule has 0 saturated carbocycles. The first-order valence-electron chi connectivity index (χ1n) is 8.87. The summed E-state index contributed by atoms with van der Waals surface area (Å²) < 4.78 is 11.6. The number of rotatable bonds is 3. The summed E-state index contributed by atoms with van der Waals surface area (Å²) in [7, 11) is 0. The van der Waals surface area contributed by atoms with Crippen LogP contribution in [0.1, 0.15) is 45.5 Å². The van der Waals surface area contributed by atoms with Gasteiger partial charge in [0.05, 0.1) is 11.3 Å². The van der Waals surface area contributed by atoms with Crippen molar-refractivity contribution in [2.45, 2.75) is 26.4 Å². The maximum absolute atomic E-state index is 12.5. The van der Waals surface area contributed by atoms with E-state index in [1.165, 1.54) is 0 Å². The summed E-state index contributed by atoms with van der Waals surface area (Å²) in [5.41, 5.74) is 5.92. The summed E-state index contributed by atoms with van der Waals surface area (Å²) in [6.45, 7) is 3.58. The molecule has 136 valence electrons. The van der Waals surface area contributed by atoms with Crippen LogP contribution in [0.4, 0.5) is 0 Å². The molecular formula is C22H20N2O3. The van der Waals surface area contributed by atoms with Gasteiger partial charge in [0.25, 0.3) is 5.91 Å². The molecule has 1 aromatic heterocycles. The monoisotopic (exact) mass is 360 g/mol. The molecule has 1 aliphatic rings. The van der Waals surface area contributed by atoms with E-state index >= 15 is 0 Å². The lowest BCUT2D eigenvalue weighted by atomic mass is 9.96. The van der Waals surface area contributed by atoms with Crippen molar-refractivity contribution < 1.29 is 13.9 Å². The largest absolute Gasteiger partial charge is 0.485 e. The fourth-order valence-electron chi connectivity index (χ4n) is 3.28. The van der Waals surface area contributed by atoms with Crippen molar-refractivity contribution in [3.8, 4) is 5.75 Å². The number of hydrogen-bond donors (Lipinski definition) is 1. The van der Waals surface area contributed by atoms with E-state index in [2.05, 4.69) is 10.5 Å². The van der Waals surface area contributed by atoms with E-state index in [-0.39, 0.29) is 12.0 Å². The topological polar surface area (TPSA) is 63.8 Å². The Labute approximate surface area is 157 Å². The second-order valence-corrected chi connectivity index (χ2v) is 6.54. The van der Waals surface area contributed by atoms with Crippen LogP contribution in [-0.4, -0.2) is 11.6 Å². The van der Waals surface area contributed by atoms with Crippen LogP contribution in [0.5, 0.6) is 5.75 Å². The number of para-hydroxylation sites is 1. The van der Waals surface area contributed by atoms with Gasteiger partial charge in [-0.1, -0.05) is 42.5 Å². The van der Waals surface area contributed by atoms with Gasteiger partial charge in [0, 0.05) is 12.0 Å². The van der Waals surface area contributed by atoms with E-state index in [9.17, 15) is 4.79 Å². The standard InChI is InChI=1S/C22H20N2O3/c1-14-12-18(15(2)26-14)22(25)24-23-19-13-21(16-8-4-3-5-9-16)27-20-11-7-6-10-17(19)20/h3-12,21H,13H2,1-2H3,(H,24,25). The van der Waals surface area contributed by atoms with E-state index in [0.717, 1.165) is 22.6 Å². The van der Waals surface area contributed by atoms with Crippen molar-refractivity contribution in [1.29, 1.82) is 0 Å². The summed E-state index contributed by atoms with van der Waals surface area (Å²) in [5, 5.41) is 4.42. The van der Waals surface area contributed by atoms with E-state index < -0.39 is 0 Å². The molecule has 1 amide bonds. The van der Waals surface area contributed by atoms with E-state index in [0.29, 0.717) is 23.5 Å². The SMILES string of the molecule is Cc1cc(C(=O)NN=C2CC(c3ccccc3)Oc3ccccc32)c(C)o1. The number of hydrogen-bond acceptors (Lipinski definition) is 4. The van der Waals surface area contributed by atoms with Gasteiger partial charge in [0.1, 0.15) is 23.4 Å². The van der Waals surface area contributed by atoms with Gasteiger partial charge in [-0.3, -0.25) is 4.79 Å². The fraction of sp³-hybridized carbons (Fsp3) is 0.182. The van der Waals surface area contributed by atoms with Crippen LogP contribution < -0.4 is 10.2 Å². The zero-order valence-electron chi connectivity index (χ0n) is 15.2. The summed E-state index contributed by atoms with van der Waals surface area (Å²) in [6.07, 6.45) is 0.430. The number of carbonyl (C=O) groups excluding carboxylic acids is 1. The van der Waals surface area contributed by atoms with Gasteiger partial charge in [0.2, 0.25) is 0 Å². The molecule has 1 unspecified atom stereocenters. The Morgan fingerprint density at radius 3 is 2.56 bits per heavy atom. The molecule has 2 aromatic carbocycles. The van der Waals surface area contributed by atoms with Gasteiger partial charge in [-0.2, -0.15) is 5.10 Å². The second kappa shape index (κ2) is 7.11. The summed E-state index contributed by atoms with van der Waals surface area (Å²) in [4.78, 5) is 12.5. The number of carbonyl (C=O) groups is 1. The molecule has 1 aliphatic heterocycles. The van der Waals surface area contributed by atoms with Crippen molar-refractivity contribution in [2.24, 2.45) is 5.10 Å². The van der Waals surface area contributed by atoms with Crippen molar-refractivity contribution in [3.63, 3.8) is 0 Å². The third-order valence-corrected chi connectivity index (χ3v) is 4.60. The molecule has 0 saturated heterocycles. The summed E-state index contributed by atoms with van der Waals surface area (Å²) in [5.74, 6) is 1.77. The molecule has 5 nitrogen and oxygen atoms in total. The van der Waals surface area contributed by atoms with Crippen molar-refractivity contribution in [1.82, 2.24) is 5.43 Å². The second-order valence-electron chi connectivity index (χ2n) is 6.54. The van der Waals surface area contributed by atoms with E-state index in [1.807, 2.05) is 61.5 Å². The number of nitrogens with one attached hydrogen (secondary N) is 1. The highest BCUT2D eigenvalue weighted by Crippen LogP contribution is 2.34. The molecule has 3 aromatic rings. The van der Waals surface area contributed by atoms with Crippen molar-refractivity contribution in [2.75, 3.05) is 0 Å². The van der Waals surface area contributed by atoms with Crippen LogP contribution >= 0.6 is 0 Å². The molecule has 0 fully saturated rings. The minimum absolute atomic E-state index is 0.144. The number of amides is 1. The summed E-state index contributed by atoms with van der Waals surface area (Å²) >= 11 is 0. The number of furan rings is 1. The van der Waals surface area contributed by atoms with Gasteiger partial charge in [0.15, 0.2) is 0 Å². The Morgan fingerprint density at radius 1 is 1.07 bits per heavy atom. The predicted octanol–water partition coefficient (Wildman–Crippen LogP) is 4.55. The molecule has 2 heterocycles. The van der Waals surface area contributed by atoms with Crippen LogP contribution in [0.2, 0.25) is 0 Å². The first kappa shape index (κ1) is 17.1. The van der Waals surface area contributed by atoms with Gasteiger partial charge >= 0.3 is 0 Å². The quantitative estimate of drug-likeness (QED) is 0.697. The third kappa shape index (κ3) is 3.49. The minimum Gasteiger partial charge on any atom is -0.485 e. The number of ether oxygens (including phenoxy) is 1. The molecule has 0 aliphatic carbocycles. The maximum atomic E-state index is 12.5. The number of benzene rings is 2. The number of aryl methyl sites for hydroxylation is 2. The van der Waals surface area contributed by atoms with Gasteiger partial charge in [-0.15, -0.1) is 0 Å². The van der Waals surface area contributed by atoms with Gasteiger partial charge in [-0.05, 0) is 37.6 Å². The zero-order valence-corrected chi connectivity index (χ0v) is 15.2. The Hall–Kier alpha value is -3.34. The molecular weight excluding hydrogens is 340 g/mol. The van der Waals surface area contributed by atoms with Crippen LogP contribution in [0, 0.1) is 13.8 Å². The van der Waals surface area contributed by atoms with Gasteiger partial charge < -0.3 is 9.15 Å². The predicted molar refractivity (Wildman–Crippen MR) is 103 cm³/mol. The van der Waals surface area contributed by atoms with Crippen LogP contribution in [0.15, 0.2) is 70.2 Å². The smallest absolute Gasteiger partial charge is 0.274 e.